The summed E-state index contributed by atoms with van der Waals surface area (Å²) in [6, 6.07) is 15.7. The summed E-state index contributed by atoms with van der Waals surface area (Å²) in [4.78, 5) is 18.6. The van der Waals surface area contributed by atoms with E-state index in [-0.39, 0.29) is 23.3 Å². The summed E-state index contributed by atoms with van der Waals surface area (Å²) in [5, 5.41) is 11.9. The third-order valence-electron chi connectivity index (χ3n) is 6.61. The first-order valence-electron chi connectivity index (χ1n) is 10.9. The average molecular weight is 450 g/mol. The molecule has 174 valence electrons. The maximum Gasteiger partial charge on any atom is 0.255 e. The van der Waals surface area contributed by atoms with Crippen molar-refractivity contribution >= 4 is 11.9 Å². The van der Waals surface area contributed by atoms with Gasteiger partial charge in [-0.3, -0.25) is 4.79 Å². The van der Waals surface area contributed by atoms with Gasteiger partial charge in [0.2, 0.25) is 12.2 Å². The number of aliphatic imine (C=N–C) groups is 1. The van der Waals surface area contributed by atoms with E-state index in [0.29, 0.717) is 23.6 Å². The molecular weight excluding hydrogens is 418 g/mol. The topological polar surface area (TPSA) is 113 Å². The van der Waals surface area contributed by atoms with Crippen molar-refractivity contribution < 1.29 is 14.3 Å². The van der Waals surface area contributed by atoms with E-state index in [9.17, 15) is 4.79 Å². The van der Waals surface area contributed by atoms with Gasteiger partial charge < -0.3 is 25.4 Å². The third-order valence-corrected chi connectivity index (χ3v) is 6.61. The highest BCUT2D eigenvalue weighted by Crippen LogP contribution is 2.40. The molecule has 1 saturated carbocycles. The number of nitrogens with two attached hydrogens (primary N) is 1. The molecule has 0 spiro atoms. The number of ether oxygens (including phenoxy) is 2. The molecule has 0 radical (unpaired) electrons. The zero-order valence-electron chi connectivity index (χ0n) is 19.4. The van der Waals surface area contributed by atoms with Gasteiger partial charge in [0.25, 0.3) is 5.91 Å². The van der Waals surface area contributed by atoms with Gasteiger partial charge in [0.15, 0.2) is 0 Å². The summed E-state index contributed by atoms with van der Waals surface area (Å²) in [6.07, 6.45) is 5.22. The quantitative estimate of drug-likeness (QED) is 0.382. The summed E-state index contributed by atoms with van der Waals surface area (Å²) < 4.78 is 10.6. The number of rotatable bonds is 7. The first-order chi connectivity index (χ1) is 15.9. The van der Waals surface area contributed by atoms with E-state index in [1.54, 1.807) is 31.5 Å². The Labute approximate surface area is 195 Å². The summed E-state index contributed by atoms with van der Waals surface area (Å²) in [5.74, 6) is 1.15. The molecule has 1 aliphatic rings. The van der Waals surface area contributed by atoms with Gasteiger partial charge in [-0.2, -0.15) is 5.26 Å². The zero-order chi connectivity index (χ0) is 23.8. The van der Waals surface area contributed by atoms with E-state index in [0.717, 1.165) is 25.7 Å². The Balaban J connectivity index is 1.78. The number of nitrogens with one attached hydrogen (secondary N) is 1. The minimum Gasteiger partial charge on any atom is -0.497 e. The highest BCUT2D eigenvalue weighted by atomic mass is 16.5. The molecule has 0 saturated heterocycles. The van der Waals surface area contributed by atoms with Gasteiger partial charge in [0.05, 0.1) is 19.8 Å². The predicted molar refractivity (Wildman–Crippen MR) is 127 cm³/mol. The van der Waals surface area contributed by atoms with Gasteiger partial charge in [-0.05, 0) is 43.4 Å². The molecule has 0 unspecified atom stereocenters. The molecule has 33 heavy (non-hydrogen) atoms. The first kappa shape index (κ1) is 23.9. The molecule has 0 aromatic heterocycles. The zero-order valence-corrected chi connectivity index (χ0v) is 19.4. The average Bonchev–Trinajstić information content (AvgIpc) is 2.87. The van der Waals surface area contributed by atoms with Crippen LogP contribution in [0, 0.1) is 11.5 Å². The molecule has 1 amide bonds. The molecule has 0 atom stereocenters. The van der Waals surface area contributed by atoms with Gasteiger partial charge in [-0.1, -0.05) is 30.3 Å². The molecule has 0 bridgehead atoms. The van der Waals surface area contributed by atoms with Gasteiger partial charge in [-0.15, -0.1) is 4.99 Å². The number of amides is 1. The highest BCUT2D eigenvalue weighted by molar-refractivity contribution is 5.97. The van der Waals surface area contributed by atoms with E-state index >= 15 is 0 Å². The van der Waals surface area contributed by atoms with Gasteiger partial charge >= 0.3 is 0 Å². The second-order valence-corrected chi connectivity index (χ2v) is 8.31. The number of hydrogen-bond donors (Lipinski definition) is 2. The van der Waals surface area contributed by atoms with Crippen LogP contribution < -0.4 is 20.5 Å². The lowest BCUT2D eigenvalue weighted by molar-refractivity contribution is 0.0927. The number of nitrogens with zero attached hydrogens (tertiary/aromatic N) is 3. The Morgan fingerprint density at radius 2 is 1.91 bits per heavy atom. The molecule has 1 fully saturated rings. The standard InChI is InChI=1S/C25H31N5O3/c1-30(24(27)29-17-26)19-11-13-25(14-12-19,18-7-5-4-6-8-18)16-28-23(31)21-10-9-20(32-2)15-22(21)33-3/h4-10,15,19H,11-14,16H2,1-3H3,(H2,27,29)(H,28,31). The van der Waals surface area contributed by atoms with Crippen molar-refractivity contribution in [1.82, 2.24) is 10.2 Å². The van der Waals surface area contributed by atoms with Crippen molar-refractivity contribution in [2.24, 2.45) is 10.7 Å². The van der Waals surface area contributed by atoms with Crippen LogP contribution in [-0.4, -0.2) is 50.6 Å². The van der Waals surface area contributed by atoms with Crippen LogP contribution in [0.1, 0.15) is 41.6 Å². The molecule has 8 nitrogen and oxygen atoms in total. The third kappa shape index (κ3) is 5.37. The lowest BCUT2D eigenvalue weighted by atomic mass is 9.68. The van der Waals surface area contributed by atoms with E-state index in [4.69, 9.17) is 20.5 Å². The number of carbonyl (C=O) groups excluding carboxylic acids is 1. The van der Waals surface area contributed by atoms with Crippen molar-refractivity contribution in [2.75, 3.05) is 27.8 Å². The fourth-order valence-corrected chi connectivity index (χ4v) is 4.55. The Kier molecular flexibility index (Phi) is 7.78. The normalized spacial score (nSPS) is 20.4. The molecule has 3 N–H and O–H groups in total. The number of guanidine groups is 1. The highest BCUT2D eigenvalue weighted by Gasteiger charge is 2.38. The number of benzene rings is 2. The molecular formula is C25H31N5O3. The van der Waals surface area contributed by atoms with Crippen molar-refractivity contribution in [2.45, 2.75) is 37.1 Å². The smallest absolute Gasteiger partial charge is 0.255 e. The van der Waals surface area contributed by atoms with Crippen LogP contribution in [0.25, 0.3) is 0 Å². The van der Waals surface area contributed by atoms with Crippen LogP contribution in [0.2, 0.25) is 0 Å². The van der Waals surface area contributed by atoms with Crippen LogP contribution in [-0.2, 0) is 5.41 Å². The summed E-state index contributed by atoms with van der Waals surface area (Å²) in [5.41, 5.74) is 7.39. The van der Waals surface area contributed by atoms with Crippen LogP contribution in [0.3, 0.4) is 0 Å². The van der Waals surface area contributed by atoms with Crippen LogP contribution in [0.5, 0.6) is 11.5 Å². The minimum atomic E-state index is -0.199. The fourth-order valence-electron chi connectivity index (χ4n) is 4.55. The first-order valence-corrected chi connectivity index (χ1v) is 10.9. The number of hydrogen-bond acceptors (Lipinski definition) is 5. The minimum absolute atomic E-state index is 0.186. The molecule has 0 aliphatic heterocycles. The Hall–Kier alpha value is -3.73. The van der Waals surface area contributed by atoms with E-state index in [1.165, 1.54) is 12.7 Å². The van der Waals surface area contributed by atoms with Crippen LogP contribution in [0.4, 0.5) is 0 Å². The molecule has 3 rings (SSSR count). The monoisotopic (exact) mass is 449 g/mol. The molecule has 2 aromatic carbocycles. The van der Waals surface area contributed by atoms with Crippen molar-refractivity contribution in [3.63, 3.8) is 0 Å². The van der Waals surface area contributed by atoms with E-state index < -0.39 is 0 Å². The van der Waals surface area contributed by atoms with Crippen LogP contribution >= 0.6 is 0 Å². The summed E-state index contributed by atoms with van der Waals surface area (Å²) in [7, 11) is 4.98. The van der Waals surface area contributed by atoms with Crippen molar-refractivity contribution in [3.8, 4) is 17.7 Å². The second-order valence-electron chi connectivity index (χ2n) is 8.31. The summed E-state index contributed by atoms with van der Waals surface area (Å²) in [6.45, 7) is 0.503. The van der Waals surface area contributed by atoms with Gasteiger partial charge in [0.1, 0.15) is 11.5 Å². The maximum absolute atomic E-state index is 13.1. The van der Waals surface area contributed by atoms with Gasteiger partial charge in [0, 0.05) is 31.1 Å². The largest absolute Gasteiger partial charge is 0.497 e. The van der Waals surface area contributed by atoms with Crippen LogP contribution in [0.15, 0.2) is 53.5 Å². The molecule has 8 heteroatoms. The van der Waals surface area contributed by atoms with E-state index in [2.05, 4.69) is 22.4 Å². The lowest BCUT2D eigenvalue weighted by Gasteiger charge is -2.43. The van der Waals surface area contributed by atoms with E-state index in [1.807, 2.05) is 30.1 Å². The number of methoxy groups -OCH3 is 2. The van der Waals surface area contributed by atoms with Crippen molar-refractivity contribution in [1.29, 1.82) is 5.26 Å². The number of nitriles is 1. The second kappa shape index (κ2) is 10.7. The van der Waals surface area contributed by atoms with Gasteiger partial charge in [-0.25, -0.2) is 0 Å². The Morgan fingerprint density at radius 1 is 1.21 bits per heavy atom. The lowest BCUT2D eigenvalue weighted by Crippen LogP contribution is -2.49. The predicted octanol–water partition coefficient (Wildman–Crippen LogP) is 3.04. The number of carbonyl (C=O) groups is 1. The van der Waals surface area contributed by atoms with Crippen molar-refractivity contribution in [3.05, 3.63) is 59.7 Å². The Morgan fingerprint density at radius 3 is 2.52 bits per heavy atom. The SMILES string of the molecule is COc1ccc(C(=O)NCC2(c3ccccc3)CCC(N(C)C(N)=NC#N)CC2)c(OC)c1. The molecule has 2 aromatic rings. The molecule has 1 aliphatic carbocycles. The summed E-state index contributed by atoms with van der Waals surface area (Å²) >= 11 is 0. The fraction of sp³-hybridized carbons (Fsp3) is 0.400. The molecule has 0 heterocycles. The Bertz CT molecular complexity index is 1020. The maximum atomic E-state index is 13.1.